The topological polar surface area (TPSA) is 71.8 Å². The van der Waals surface area contributed by atoms with Gasteiger partial charge in [-0.25, -0.2) is 0 Å². The van der Waals surface area contributed by atoms with E-state index in [1.54, 1.807) is 0 Å². The number of aromatic amines is 1. The lowest BCUT2D eigenvalue weighted by Crippen LogP contribution is -1.87. The molecule has 2 rings (SSSR count). The van der Waals surface area contributed by atoms with Crippen LogP contribution in [0.4, 0.5) is 5.69 Å². The molecule has 0 aliphatic heterocycles. The van der Waals surface area contributed by atoms with Crippen LogP contribution < -0.4 is 0 Å². The van der Waals surface area contributed by atoms with Crippen LogP contribution in [0, 0.1) is 13.8 Å². The molecule has 0 aliphatic rings. The lowest BCUT2D eigenvalue weighted by Gasteiger charge is -1.94. The van der Waals surface area contributed by atoms with Crippen LogP contribution in [-0.4, -0.2) is 15.1 Å². The van der Waals surface area contributed by atoms with E-state index in [1.165, 1.54) is 12.1 Å². The quantitative estimate of drug-likeness (QED) is 0.478. The minimum absolute atomic E-state index is 0.0345. The van der Waals surface area contributed by atoms with E-state index in [4.69, 9.17) is 0 Å². The summed E-state index contributed by atoms with van der Waals surface area (Å²) >= 11 is 5.37. The van der Waals surface area contributed by atoms with E-state index in [0.717, 1.165) is 9.09 Å². The molecule has 72 valence electrons. The number of nitrogens with zero attached hydrogens (tertiary/aromatic N) is 2. The van der Waals surface area contributed by atoms with E-state index < -0.39 is 4.92 Å². The van der Waals surface area contributed by atoms with E-state index >= 15 is 0 Å². The zero-order valence-corrected chi connectivity index (χ0v) is 10.4. The Labute approximate surface area is 100 Å². The van der Waals surface area contributed by atoms with Gasteiger partial charge >= 0.3 is 0 Å². The summed E-state index contributed by atoms with van der Waals surface area (Å²) in [5, 5.41) is 18.1. The van der Waals surface area contributed by atoms with Crippen LogP contribution >= 0.6 is 38.5 Å². The van der Waals surface area contributed by atoms with Crippen molar-refractivity contribution in [3.05, 3.63) is 30.4 Å². The molecule has 2 aromatic rings. The normalized spacial score (nSPS) is 10.7. The van der Waals surface area contributed by atoms with Gasteiger partial charge in [-0.2, -0.15) is 5.10 Å². The van der Waals surface area contributed by atoms with Gasteiger partial charge in [-0.3, -0.25) is 15.2 Å². The molecule has 0 amide bonds. The number of nitro benzene ring substituents is 1. The van der Waals surface area contributed by atoms with Gasteiger partial charge in [-0.1, -0.05) is 0 Å². The van der Waals surface area contributed by atoms with Crippen LogP contribution in [0.2, 0.25) is 0 Å². The van der Waals surface area contributed by atoms with Crippen molar-refractivity contribution >= 4 is 55.1 Å². The van der Waals surface area contributed by atoms with Crippen LogP contribution in [-0.2, 0) is 0 Å². The molecule has 0 spiro atoms. The van der Waals surface area contributed by atoms with Gasteiger partial charge in [0, 0.05) is 22.0 Å². The van der Waals surface area contributed by atoms with Crippen LogP contribution in [0.15, 0.2) is 16.6 Å². The van der Waals surface area contributed by atoms with Gasteiger partial charge in [-0.05, 0) is 38.5 Å². The summed E-state index contributed by atoms with van der Waals surface area (Å²) in [6.45, 7) is 0. The fourth-order valence-electron chi connectivity index (χ4n) is 1.15. The highest BCUT2D eigenvalue weighted by molar-refractivity contribution is 14.1. The maximum absolute atomic E-state index is 10.5. The van der Waals surface area contributed by atoms with Gasteiger partial charge in [0.2, 0.25) is 0 Å². The molecule has 1 heterocycles. The Bertz CT molecular complexity index is 525. The minimum atomic E-state index is -0.439. The third-order valence-electron chi connectivity index (χ3n) is 1.76. The van der Waals surface area contributed by atoms with E-state index in [2.05, 4.69) is 48.7 Å². The first-order valence-corrected chi connectivity index (χ1v) is 5.44. The van der Waals surface area contributed by atoms with Crippen LogP contribution in [0.25, 0.3) is 10.9 Å². The SMILES string of the molecule is O=[N+]([O-])c1cc(Br)c2c(I)[nH]nc2c1. The van der Waals surface area contributed by atoms with Gasteiger partial charge in [0.1, 0.15) is 9.22 Å². The Balaban J connectivity index is 2.80. The first-order valence-electron chi connectivity index (χ1n) is 3.57. The highest BCUT2D eigenvalue weighted by Crippen LogP contribution is 2.30. The van der Waals surface area contributed by atoms with E-state index in [0.29, 0.717) is 9.99 Å². The molecule has 1 aromatic heterocycles. The Hall–Kier alpha value is -0.700. The molecule has 0 radical (unpaired) electrons. The summed E-state index contributed by atoms with van der Waals surface area (Å²) < 4.78 is 1.54. The van der Waals surface area contributed by atoms with Crippen molar-refractivity contribution in [1.29, 1.82) is 0 Å². The van der Waals surface area contributed by atoms with Crippen molar-refractivity contribution in [3.63, 3.8) is 0 Å². The van der Waals surface area contributed by atoms with Crippen molar-refractivity contribution in [2.24, 2.45) is 0 Å². The third kappa shape index (κ3) is 1.50. The Kier molecular flexibility index (Phi) is 2.43. The first-order chi connectivity index (χ1) is 6.59. The zero-order valence-electron chi connectivity index (χ0n) is 6.62. The summed E-state index contributed by atoms with van der Waals surface area (Å²) in [4.78, 5) is 10.1. The van der Waals surface area contributed by atoms with Crippen LogP contribution in [0.1, 0.15) is 0 Å². The first kappa shape index (κ1) is 9.84. The smallest absolute Gasteiger partial charge is 0.271 e. The number of rotatable bonds is 1. The number of halogens is 2. The molecule has 14 heavy (non-hydrogen) atoms. The number of nitro groups is 1. The van der Waals surface area contributed by atoms with Crippen LogP contribution in [0.5, 0.6) is 0 Å². The van der Waals surface area contributed by atoms with E-state index in [-0.39, 0.29) is 5.69 Å². The molecule has 1 N–H and O–H groups in total. The van der Waals surface area contributed by atoms with Crippen molar-refractivity contribution in [2.45, 2.75) is 0 Å². The summed E-state index contributed by atoms with van der Waals surface area (Å²) in [6, 6.07) is 2.92. The molecule has 0 bridgehead atoms. The maximum atomic E-state index is 10.5. The van der Waals surface area contributed by atoms with E-state index in [1.807, 2.05) is 0 Å². The van der Waals surface area contributed by atoms with Crippen LogP contribution in [0.3, 0.4) is 0 Å². The predicted octanol–water partition coefficient (Wildman–Crippen LogP) is 2.84. The highest BCUT2D eigenvalue weighted by Gasteiger charge is 2.13. The summed E-state index contributed by atoms with van der Waals surface area (Å²) in [6.07, 6.45) is 0. The number of aromatic nitrogens is 2. The van der Waals surface area contributed by atoms with E-state index in [9.17, 15) is 10.1 Å². The number of nitrogens with one attached hydrogen (secondary N) is 1. The second-order valence-corrected chi connectivity index (χ2v) is 4.55. The standard InChI is InChI=1S/C7H3BrIN3O2/c8-4-1-3(12(13)14)2-5-6(4)7(9)11-10-5/h1-2H,(H,10,11). The van der Waals surface area contributed by atoms with Crippen molar-refractivity contribution in [3.8, 4) is 0 Å². The monoisotopic (exact) mass is 367 g/mol. The summed E-state index contributed by atoms with van der Waals surface area (Å²) in [7, 11) is 0. The van der Waals surface area contributed by atoms with Crippen molar-refractivity contribution in [2.75, 3.05) is 0 Å². The molecule has 0 fully saturated rings. The number of benzene rings is 1. The second kappa shape index (κ2) is 3.46. The van der Waals surface area contributed by atoms with Gasteiger partial charge in [0.05, 0.1) is 4.92 Å². The predicted molar refractivity (Wildman–Crippen MR) is 63.2 cm³/mol. The molecule has 0 unspecified atom stereocenters. The van der Waals surface area contributed by atoms with Gasteiger partial charge < -0.3 is 0 Å². The largest absolute Gasteiger partial charge is 0.272 e. The Morgan fingerprint density at radius 2 is 2.29 bits per heavy atom. The fraction of sp³-hybridized carbons (Fsp3) is 0. The Morgan fingerprint density at radius 1 is 1.57 bits per heavy atom. The number of H-pyrrole nitrogens is 1. The minimum Gasteiger partial charge on any atom is -0.271 e. The second-order valence-electron chi connectivity index (χ2n) is 2.62. The van der Waals surface area contributed by atoms with Gasteiger partial charge in [0.25, 0.3) is 5.69 Å². The third-order valence-corrected chi connectivity index (χ3v) is 3.17. The number of non-ortho nitro benzene ring substituents is 1. The summed E-state index contributed by atoms with van der Waals surface area (Å²) in [5.74, 6) is 0. The van der Waals surface area contributed by atoms with Gasteiger partial charge in [-0.15, -0.1) is 0 Å². The average molecular weight is 368 g/mol. The molecule has 0 saturated heterocycles. The average Bonchev–Trinajstić information content (AvgIpc) is 2.48. The maximum Gasteiger partial charge on any atom is 0.272 e. The van der Waals surface area contributed by atoms with Crippen molar-refractivity contribution in [1.82, 2.24) is 10.2 Å². The van der Waals surface area contributed by atoms with Crippen molar-refractivity contribution < 1.29 is 4.92 Å². The molecule has 0 aliphatic carbocycles. The molecule has 1 aromatic carbocycles. The summed E-state index contributed by atoms with van der Waals surface area (Å²) in [5.41, 5.74) is 0.628. The molecular weight excluding hydrogens is 365 g/mol. The Morgan fingerprint density at radius 3 is 2.93 bits per heavy atom. The fourth-order valence-corrected chi connectivity index (χ4v) is 2.85. The number of hydrogen-bond acceptors (Lipinski definition) is 3. The number of fused-ring (bicyclic) bond motifs is 1. The molecule has 7 heteroatoms. The molecule has 5 nitrogen and oxygen atoms in total. The molecule has 0 saturated carbocycles. The van der Waals surface area contributed by atoms with Gasteiger partial charge in [0.15, 0.2) is 0 Å². The lowest BCUT2D eigenvalue weighted by atomic mass is 10.2. The number of hydrogen-bond donors (Lipinski definition) is 1. The lowest BCUT2D eigenvalue weighted by molar-refractivity contribution is -0.384. The molecular formula is C7H3BrIN3O2. The molecule has 0 atom stereocenters. The highest BCUT2D eigenvalue weighted by atomic mass is 127. The zero-order chi connectivity index (χ0) is 10.3.